The van der Waals surface area contributed by atoms with E-state index in [0.717, 1.165) is 28.6 Å². The van der Waals surface area contributed by atoms with Crippen LogP contribution in [0, 0.1) is 10.1 Å². The molecule has 0 atom stereocenters. The van der Waals surface area contributed by atoms with E-state index in [2.05, 4.69) is 15.5 Å². The molecule has 0 radical (unpaired) electrons. The summed E-state index contributed by atoms with van der Waals surface area (Å²) in [5.41, 5.74) is 3.16. The second-order valence-electron chi connectivity index (χ2n) is 7.21. The topological polar surface area (TPSA) is 89.7 Å². The second kappa shape index (κ2) is 9.57. The summed E-state index contributed by atoms with van der Waals surface area (Å²) in [5.74, 6) is 0.667. The normalized spacial score (nSPS) is 11.6. The zero-order chi connectivity index (χ0) is 24.1. The van der Waals surface area contributed by atoms with Gasteiger partial charge in [-0.3, -0.25) is 15.5 Å². The molecule has 0 bridgehead atoms. The molecule has 0 unspecified atom stereocenters. The molecule has 0 spiro atoms. The van der Waals surface area contributed by atoms with Gasteiger partial charge in [-0.2, -0.15) is 18.3 Å². The Morgan fingerprint density at radius 2 is 1.79 bits per heavy atom. The Labute approximate surface area is 191 Å². The van der Waals surface area contributed by atoms with Crippen molar-refractivity contribution in [3.63, 3.8) is 0 Å². The van der Waals surface area contributed by atoms with Crippen LogP contribution in [0.25, 0.3) is 10.8 Å². The van der Waals surface area contributed by atoms with Gasteiger partial charge < -0.3 is 4.74 Å². The van der Waals surface area contributed by atoms with Crippen LogP contribution in [-0.2, 0) is 12.8 Å². The van der Waals surface area contributed by atoms with Crippen molar-refractivity contribution in [3.05, 3.63) is 106 Å². The van der Waals surface area contributed by atoms with Crippen molar-refractivity contribution in [3.8, 4) is 5.75 Å². The number of hydrogen-bond donors (Lipinski definition) is 1. The lowest BCUT2D eigenvalue weighted by atomic mass is 10.0. The largest absolute Gasteiger partial charge is 0.488 e. The molecule has 34 heavy (non-hydrogen) atoms. The van der Waals surface area contributed by atoms with Gasteiger partial charge in [0.05, 0.1) is 16.7 Å². The lowest BCUT2D eigenvalue weighted by Gasteiger charge is -2.12. The number of alkyl halides is 3. The Morgan fingerprint density at radius 3 is 2.47 bits per heavy atom. The average molecular weight is 466 g/mol. The number of pyridine rings is 1. The van der Waals surface area contributed by atoms with Gasteiger partial charge >= 0.3 is 6.18 Å². The zero-order valence-electron chi connectivity index (χ0n) is 17.5. The summed E-state index contributed by atoms with van der Waals surface area (Å²) in [7, 11) is 0. The Morgan fingerprint density at radius 1 is 1.03 bits per heavy atom. The van der Waals surface area contributed by atoms with Crippen LogP contribution in [0.5, 0.6) is 5.75 Å². The number of hydrazone groups is 1. The maximum absolute atomic E-state index is 12.7. The van der Waals surface area contributed by atoms with Crippen molar-refractivity contribution in [2.45, 2.75) is 12.8 Å². The number of nitrogens with zero attached hydrogens (tertiary/aromatic N) is 3. The molecule has 4 aromatic rings. The predicted octanol–water partition coefficient (Wildman–Crippen LogP) is 6.19. The highest BCUT2D eigenvalue weighted by atomic mass is 19.4. The van der Waals surface area contributed by atoms with Crippen molar-refractivity contribution < 1.29 is 22.8 Å². The number of non-ortho nitro benzene ring substituents is 1. The molecule has 172 valence electrons. The first-order valence-electron chi connectivity index (χ1n) is 10.0. The van der Waals surface area contributed by atoms with E-state index in [9.17, 15) is 23.3 Å². The monoisotopic (exact) mass is 466 g/mol. The average Bonchev–Trinajstić information content (AvgIpc) is 2.83. The molecular weight excluding hydrogens is 449 g/mol. The molecule has 0 aliphatic heterocycles. The number of nitrogens with one attached hydrogen (secondary N) is 1. The Kier molecular flexibility index (Phi) is 6.39. The third-order valence-corrected chi connectivity index (χ3v) is 4.94. The number of nitro benzene ring substituents is 1. The van der Waals surface area contributed by atoms with Crippen LogP contribution in [0.15, 0.2) is 84.1 Å². The lowest BCUT2D eigenvalue weighted by Crippen LogP contribution is -2.05. The van der Waals surface area contributed by atoms with Crippen LogP contribution in [-0.4, -0.2) is 16.1 Å². The molecule has 3 aromatic carbocycles. The summed E-state index contributed by atoms with van der Waals surface area (Å²) in [6.45, 7) is 0.172. The molecule has 1 N–H and O–H groups in total. The van der Waals surface area contributed by atoms with Gasteiger partial charge in [-0.15, -0.1) is 0 Å². The van der Waals surface area contributed by atoms with Crippen LogP contribution in [0.1, 0.15) is 16.7 Å². The minimum atomic E-state index is -4.46. The minimum Gasteiger partial charge on any atom is -0.488 e. The molecule has 1 heterocycles. The molecule has 0 amide bonds. The zero-order valence-corrected chi connectivity index (χ0v) is 17.5. The Bertz CT molecular complexity index is 1340. The number of ether oxygens (including phenoxy) is 1. The summed E-state index contributed by atoms with van der Waals surface area (Å²) in [6, 6.07) is 19.4. The van der Waals surface area contributed by atoms with Crippen molar-refractivity contribution in [2.75, 3.05) is 5.43 Å². The molecule has 0 fully saturated rings. The Balaban J connectivity index is 1.55. The van der Waals surface area contributed by atoms with Crippen LogP contribution >= 0.6 is 0 Å². The summed E-state index contributed by atoms with van der Waals surface area (Å²) in [4.78, 5) is 14.1. The molecule has 10 heteroatoms. The van der Waals surface area contributed by atoms with Gasteiger partial charge in [0.1, 0.15) is 18.2 Å². The lowest BCUT2D eigenvalue weighted by molar-refractivity contribution is -0.384. The number of halogens is 3. The predicted molar refractivity (Wildman–Crippen MR) is 122 cm³/mol. The third-order valence-electron chi connectivity index (χ3n) is 4.94. The van der Waals surface area contributed by atoms with Gasteiger partial charge in [0.15, 0.2) is 0 Å². The second-order valence-corrected chi connectivity index (χ2v) is 7.21. The molecule has 0 saturated carbocycles. The first kappa shape index (κ1) is 22.7. The SMILES string of the molecule is O=[N+]([O-])c1ccc(COc2ccc3ccccc3c2/C=N\Nc2ccc(C(F)(F)F)cn2)cc1. The van der Waals surface area contributed by atoms with Crippen LogP contribution in [0.3, 0.4) is 0 Å². The number of hydrogen-bond acceptors (Lipinski definition) is 6. The van der Waals surface area contributed by atoms with E-state index in [1.807, 2.05) is 30.3 Å². The van der Waals surface area contributed by atoms with E-state index in [1.165, 1.54) is 24.4 Å². The molecule has 0 aliphatic rings. The summed E-state index contributed by atoms with van der Waals surface area (Å²) in [5, 5.41) is 16.8. The highest BCUT2D eigenvalue weighted by Crippen LogP contribution is 2.29. The van der Waals surface area contributed by atoms with Gasteiger partial charge in [-0.1, -0.05) is 30.3 Å². The standard InChI is InChI=1S/C24H17F3N4O3/c25-24(26,27)18-8-12-23(28-13-18)30-29-14-21-20-4-2-1-3-17(20)7-11-22(21)34-15-16-5-9-19(10-6-16)31(32)33/h1-14H,15H2,(H,28,30)/b29-14-. The fraction of sp³-hybridized carbons (Fsp3) is 0.0833. The molecule has 4 rings (SSSR count). The maximum atomic E-state index is 12.7. The first-order valence-corrected chi connectivity index (χ1v) is 10.0. The van der Waals surface area contributed by atoms with E-state index >= 15 is 0 Å². The molecule has 0 aliphatic carbocycles. The van der Waals surface area contributed by atoms with E-state index in [1.54, 1.807) is 18.2 Å². The summed E-state index contributed by atoms with van der Waals surface area (Å²) >= 11 is 0. The van der Waals surface area contributed by atoms with E-state index in [0.29, 0.717) is 11.3 Å². The Hall–Kier alpha value is -4.47. The molecular formula is C24H17F3N4O3. The van der Waals surface area contributed by atoms with E-state index in [-0.39, 0.29) is 18.1 Å². The maximum Gasteiger partial charge on any atom is 0.417 e. The van der Waals surface area contributed by atoms with Crippen LogP contribution in [0.4, 0.5) is 24.7 Å². The van der Waals surface area contributed by atoms with Crippen LogP contribution in [0.2, 0.25) is 0 Å². The number of nitro groups is 1. The van der Waals surface area contributed by atoms with Crippen LogP contribution < -0.4 is 10.2 Å². The fourth-order valence-corrected chi connectivity index (χ4v) is 3.20. The quantitative estimate of drug-likeness (QED) is 0.199. The molecule has 7 nitrogen and oxygen atoms in total. The van der Waals surface area contributed by atoms with Crippen molar-refractivity contribution >= 4 is 28.5 Å². The number of aromatic nitrogens is 1. The van der Waals surface area contributed by atoms with E-state index < -0.39 is 16.7 Å². The first-order chi connectivity index (χ1) is 16.3. The minimum absolute atomic E-state index is 0.00905. The molecule has 1 aromatic heterocycles. The number of anilines is 1. The highest BCUT2D eigenvalue weighted by molar-refractivity contribution is 6.02. The van der Waals surface area contributed by atoms with Gasteiger partial charge in [-0.25, -0.2) is 4.98 Å². The smallest absolute Gasteiger partial charge is 0.417 e. The van der Waals surface area contributed by atoms with Crippen molar-refractivity contribution in [2.24, 2.45) is 5.10 Å². The third kappa shape index (κ3) is 5.29. The van der Waals surface area contributed by atoms with Gasteiger partial charge in [-0.05, 0) is 46.7 Å². The number of rotatable bonds is 7. The van der Waals surface area contributed by atoms with Gasteiger partial charge in [0.25, 0.3) is 5.69 Å². The summed E-state index contributed by atoms with van der Waals surface area (Å²) < 4.78 is 44.1. The fourth-order valence-electron chi connectivity index (χ4n) is 3.20. The highest BCUT2D eigenvalue weighted by Gasteiger charge is 2.30. The van der Waals surface area contributed by atoms with Crippen molar-refractivity contribution in [1.82, 2.24) is 4.98 Å². The van der Waals surface area contributed by atoms with E-state index in [4.69, 9.17) is 4.74 Å². The molecule has 0 saturated heterocycles. The van der Waals surface area contributed by atoms with Crippen molar-refractivity contribution in [1.29, 1.82) is 0 Å². The number of benzene rings is 3. The van der Waals surface area contributed by atoms with Gasteiger partial charge in [0, 0.05) is 23.9 Å². The summed E-state index contributed by atoms with van der Waals surface area (Å²) in [6.07, 6.45) is -2.23. The van der Waals surface area contributed by atoms with Gasteiger partial charge in [0.2, 0.25) is 0 Å². The number of fused-ring (bicyclic) bond motifs is 1.